The molecule has 4 rings (SSSR count). The summed E-state index contributed by atoms with van der Waals surface area (Å²) in [6.45, 7) is 2.85. The van der Waals surface area contributed by atoms with Crippen molar-refractivity contribution in [2.24, 2.45) is 7.05 Å². The Labute approximate surface area is 139 Å². The third kappa shape index (κ3) is 2.53. The molecule has 0 aromatic carbocycles. The highest BCUT2D eigenvalue weighted by Crippen LogP contribution is 2.28. The molecule has 0 radical (unpaired) electrons. The van der Waals surface area contributed by atoms with Gasteiger partial charge in [-0.1, -0.05) is 0 Å². The average molecular weight is 325 g/mol. The summed E-state index contributed by atoms with van der Waals surface area (Å²) in [6.07, 6.45) is 7.44. The third-order valence-electron chi connectivity index (χ3n) is 4.48. The molecule has 1 saturated heterocycles. The topological polar surface area (TPSA) is 81.2 Å². The van der Waals surface area contributed by atoms with E-state index in [2.05, 4.69) is 25.1 Å². The molecule has 1 atom stereocenters. The molecule has 0 aliphatic carbocycles. The van der Waals surface area contributed by atoms with E-state index < -0.39 is 0 Å². The fraction of sp³-hybridized carbons (Fsp3) is 0.438. The van der Waals surface area contributed by atoms with Crippen molar-refractivity contribution in [2.45, 2.75) is 32.2 Å². The highest BCUT2D eigenvalue weighted by atomic mass is 16.1. The monoisotopic (exact) mass is 325 g/mol. The lowest BCUT2D eigenvalue weighted by molar-refractivity contribution is 0.0974. The van der Waals surface area contributed by atoms with Crippen LogP contribution in [0.15, 0.2) is 24.8 Å². The van der Waals surface area contributed by atoms with E-state index in [1.165, 1.54) is 6.33 Å². The van der Waals surface area contributed by atoms with Crippen LogP contribution in [0.4, 0.5) is 5.82 Å². The number of carbonyl (C=O) groups is 1. The molecular formula is C16H19N7O. The van der Waals surface area contributed by atoms with Crippen molar-refractivity contribution in [3.05, 3.63) is 36.0 Å². The molecule has 0 spiro atoms. The van der Waals surface area contributed by atoms with Gasteiger partial charge in [-0.05, 0) is 19.8 Å². The Balaban J connectivity index is 1.62. The number of carbonyl (C=O) groups excluding carboxylic acids is 1. The number of aryl methyl sites for hydroxylation is 2. The summed E-state index contributed by atoms with van der Waals surface area (Å²) in [5, 5.41) is 8.37. The first kappa shape index (κ1) is 14.8. The van der Waals surface area contributed by atoms with Gasteiger partial charge in [0.1, 0.15) is 12.1 Å². The Kier molecular flexibility index (Phi) is 3.51. The molecular weight excluding hydrogens is 306 g/mol. The molecule has 3 aromatic heterocycles. The zero-order chi connectivity index (χ0) is 16.7. The second kappa shape index (κ2) is 5.70. The number of nitrogens with zero attached hydrogens (tertiary/aromatic N) is 7. The number of ketones is 1. The van der Waals surface area contributed by atoms with Gasteiger partial charge in [-0.15, -0.1) is 0 Å². The molecule has 24 heavy (non-hydrogen) atoms. The van der Waals surface area contributed by atoms with Crippen LogP contribution in [0.1, 0.15) is 35.3 Å². The summed E-state index contributed by atoms with van der Waals surface area (Å²) in [5.74, 6) is 1.67. The number of rotatable bonds is 4. The van der Waals surface area contributed by atoms with E-state index in [0.29, 0.717) is 17.8 Å². The van der Waals surface area contributed by atoms with Gasteiger partial charge in [0.2, 0.25) is 0 Å². The van der Waals surface area contributed by atoms with Gasteiger partial charge in [-0.25, -0.2) is 4.98 Å². The summed E-state index contributed by atoms with van der Waals surface area (Å²) in [5.41, 5.74) is 1.57. The number of aromatic nitrogens is 6. The highest BCUT2D eigenvalue weighted by molar-refractivity contribution is 5.96. The van der Waals surface area contributed by atoms with Crippen LogP contribution in [0.3, 0.4) is 0 Å². The first-order chi connectivity index (χ1) is 11.6. The number of hydrogen-bond donors (Lipinski definition) is 0. The van der Waals surface area contributed by atoms with Gasteiger partial charge in [-0.2, -0.15) is 19.7 Å². The maximum absolute atomic E-state index is 12.5. The quantitative estimate of drug-likeness (QED) is 0.675. The first-order valence-corrected chi connectivity index (χ1v) is 8.07. The fourth-order valence-corrected chi connectivity index (χ4v) is 3.36. The van der Waals surface area contributed by atoms with Gasteiger partial charge >= 0.3 is 0 Å². The van der Waals surface area contributed by atoms with Crippen LogP contribution in [0.5, 0.6) is 0 Å². The Morgan fingerprint density at radius 3 is 3.04 bits per heavy atom. The second-order valence-corrected chi connectivity index (χ2v) is 6.25. The standard InChI is InChI=1S/C16H19N7O/c1-11-6-15(23-16(20-11)17-10-19-23)22-5-3-4-13(22)7-14(24)12-8-18-21(2)9-12/h6,8-10,13H,3-5,7H2,1-2H3. The first-order valence-electron chi connectivity index (χ1n) is 8.07. The maximum Gasteiger partial charge on any atom is 0.254 e. The fourth-order valence-electron chi connectivity index (χ4n) is 3.36. The van der Waals surface area contributed by atoms with E-state index in [1.807, 2.05) is 20.0 Å². The van der Waals surface area contributed by atoms with Gasteiger partial charge in [0.25, 0.3) is 5.78 Å². The molecule has 1 unspecified atom stereocenters. The largest absolute Gasteiger partial charge is 0.353 e. The van der Waals surface area contributed by atoms with E-state index in [4.69, 9.17) is 0 Å². The smallest absolute Gasteiger partial charge is 0.254 e. The summed E-state index contributed by atoms with van der Waals surface area (Å²) in [6, 6.07) is 2.17. The van der Waals surface area contributed by atoms with Crippen LogP contribution >= 0.6 is 0 Å². The van der Waals surface area contributed by atoms with Crippen molar-refractivity contribution in [2.75, 3.05) is 11.4 Å². The minimum atomic E-state index is 0.126. The highest BCUT2D eigenvalue weighted by Gasteiger charge is 2.29. The lowest BCUT2D eigenvalue weighted by atomic mass is 10.0. The normalized spacial score (nSPS) is 17.8. The minimum Gasteiger partial charge on any atom is -0.353 e. The Morgan fingerprint density at radius 2 is 2.25 bits per heavy atom. The average Bonchev–Trinajstić information content (AvgIpc) is 3.26. The Bertz CT molecular complexity index is 897. The van der Waals surface area contributed by atoms with Gasteiger partial charge < -0.3 is 4.90 Å². The molecule has 124 valence electrons. The van der Waals surface area contributed by atoms with Crippen molar-refractivity contribution >= 4 is 17.4 Å². The van der Waals surface area contributed by atoms with Crippen molar-refractivity contribution in [3.8, 4) is 0 Å². The molecule has 0 bridgehead atoms. The number of Topliss-reactive ketones (excluding diaryl/α,β-unsaturated/α-hetero) is 1. The Morgan fingerprint density at radius 1 is 1.38 bits per heavy atom. The minimum absolute atomic E-state index is 0.126. The second-order valence-electron chi connectivity index (χ2n) is 6.25. The van der Waals surface area contributed by atoms with Gasteiger partial charge in [-0.3, -0.25) is 9.48 Å². The van der Waals surface area contributed by atoms with Crippen LogP contribution in [-0.2, 0) is 7.05 Å². The molecule has 1 fully saturated rings. The zero-order valence-electron chi connectivity index (χ0n) is 13.8. The van der Waals surface area contributed by atoms with E-state index >= 15 is 0 Å². The number of anilines is 1. The number of fused-ring (bicyclic) bond motifs is 1. The van der Waals surface area contributed by atoms with E-state index in [9.17, 15) is 4.79 Å². The van der Waals surface area contributed by atoms with Crippen molar-refractivity contribution in [1.29, 1.82) is 0 Å². The summed E-state index contributed by atoms with van der Waals surface area (Å²) in [4.78, 5) is 23.4. The molecule has 0 amide bonds. The van der Waals surface area contributed by atoms with E-state index in [0.717, 1.165) is 30.9 Å². The SMILES string of the molecule is Cc1cc(N2CCCC2CC(=O)c2cnn(C)c2)n2ncnc2n1. The van der Waals surface area contributed by atoms with E-state index in [-0.39, 0.29) is 11.8 Å². The van der Waals surface area contributed by atoms with Gasteiger partial charge in [0.15, 0.2) is 5.78 Å². The van der Waals surface area contributed by atoms with E-state index in [1.54, 1.807) is 21.6 Å². The predicted molar refractivity (Wildman–Crippen MR) is 88.0 cm³/mol. The molecule has 3 aromatic rings. The summed E-state index contributed by atoms with van der Waals surface area (Å²) < 4.78 is 3.41. The van der Waals surface area contributed by atoms with Crippen LogP contribution in [0.25, 0.3) is 5.78 Å². The predicted octanol–water partition coefficient (Wildman–Crippen LogP) is 1.41. The third-order valence-corrected chi connectivity index (χ3v) is 4.48. The molecule has 8 heteroatoms. The zero-order valence-corrected chi connectivity index (χ0v) is 13.8. The van der Waals surface area contributed by atoms with Gasteiger partial charge in [0.05, 0.1) is 11.8 Å². The van der Waals surface area contributed by atoms with Crippen molar-refractivity contribution in [3.63, 3.8) is 0 Å². The maximum atomic E-state index is 12.5. The molecule has 0 N–H and O–H groups in total. The Hall–Kier alpha value is -2.77. The van der Waals surface area contributed by atoms with Crippen molar-refractivity contribution < 1.29 is 4.79 Å². The van der Waals surface area contributed by atoms with Crippen LogP contribution in [-0.4, -0.2) is 47.7 Å². The molecule has 1 aliphatic rings. The molecule has 4 heterocycles. The molecule has 8 nitrogen and oxygen atoms in total. The summed E-state index contributed by atoms with van der Waals surface area (Å²) >= 11 is 0. The van der Waals surface area contributed by atoms with Gasteiger partial charge in [0, 0.05) is 44.0 Å². The van der Waals surface area contributed by atoms with Crippen LogP contribution in [0, 0.1) is 6.92 Å². The molecule has 0 saturated carbocycles. The van der Waals surface area contributed by atoms with Crippen LogP contribution < -0.4 is 4.90 Å². The van der Waals surface area contributed by atoms with Crippen LogP contribution in [0.2, 0.25) is 0 Å². The van der Waals surface area contributed by atoms with Crippen molar-refractivity contribution in [1.82, 2.24) is 29.4 Å². The number of hydrogen-bond acceptors (Lipinski definition) is 6. The molecule has 1 aliphatic heterocycles. The lowest BCUT2D eigenvalue weighted by Crippen LogP contribution is -2.33. The summed E-state index contributed by atoms with van der Waals surface area (Å²) in [7, 11) is 1.82. The lowest BCUT2D eigenvalue weighted by Gasteiger charge is -2.26.